The Morgan fingerprint density at radius 3 is 2.32 bits per heavy atom. The maximum atomic E-state index is 12.0. The first-order chi connectivity index (χ1) is 8.62. The summed E-state index contributed by atoms with van der Waals surface area (Å²) in [7, 11) is 0. The molecule has 0 saturated heterocycles. The van der Waals surface area contributed by atoms with Gasteiger partial charge in [0.2, 0.25) is 0 Å². The SMILES string of the molecule is CC(C)[C@@H](NC(=O)c1cnn(C(C)(C)C)c1)C(=O)O. The molecule has 0 bridgehead atoms. The molecule has 0 aliphatic rings. The van der Waals surface area contributed by atoms with Gasteiger partial charge in [-0.15, -0.1) is 0 Å². The Morgan fingerprint density at radius 2 is 1.95 bits per heavy atom. The lowest BCUT2D eigenvalue weighted by Crippen LogP contribution is -2.44. The van der Waals surface area contributed by atoms with Gasteiger partial charge >= 0.3 is 5.97 Å². The van der Waals surface area contributed by atoms with Crippen molar-refractivity contribution in [1.29, 1.82) is 0 Å². The molecule has 1 heterocycles. The van der Waals surface area contributed by atoms with Crippen LogP contribution < -0.4 is 5.32 Å². The Hall–Kier alpha value is -1.85. The summed E-state index contributed by atoms with van der Waals surface area (Å²) in [6, 6.07) is -0.898. The molecule has 1 atom stereocenters. The van der Waals surface area contributed by atoms with Crippen LogP contribution in [-0.4, -0.2) is 32.8 Å². The van der Waals surface area contributed by atoms with Crippen molar-refractivity contribution in [3.8, 4) is 0 Å². The van der Waals surface area contributed by atoms with E-state index in [4.69, 9.17) is 5.11 Å². The predicted molar refractivity (Wildman–Crippen MR) is 71.0 cm³/mol. The van der Waals surface area contributed by atoms with Crippen LogP contribution in [-0.2, 0) is 10.3 Å². The van der Waals surface area contributed by atoms with Crippen LogP contribution in [0.25, 0.3) is 0 Å². The molecule has 0 spiro atoms. The minimum atomic E-state index is -1.04. The minimum Gasteiger partial charge on any atom is -0.480 e. The summed E-state index contributed by atoms with van der Waals surface area (Å²) in [4.78, 5) is 23.0. The average molecular weight is 267 g/mol. The molecule has 2 N–H and O–H groups in total. The van der Waals surface area contributed by atoms with E-state index in [9.17, 15) is 9.59 Å². The van der Waals surface area contributed by atoms with E-state index in [0.717, 1.165) is 0 Å². The zero-order chi connectivity index (χ0) is 14.8. The summed E-state index contributed by atoms with van der Waals surface area (Å²) in [5.74, 6) is -1.64. The standard InChI is InChI=1S/C13H21N3O3/c1-8(2)10(12(18)19)15-11(17)9-6-14-16(7-9)13(3,4)5/h6-8,10H,1-5H3,(H,15,17)(H,18,19)/t10-/m1/s1. The molecule has 1 amide bonds. The van der Waals surface area contributed by atoms with E-state index in [-0.39, 0.29) is 11.5 Å². The highest BCUT2D eigenvalue weighted by Gasteiger charge is 2.25. The number of carbonyl (C=O) groups excluding carboxylic acids is 1. The molecule has 6 nitrogen and oxygen atoms in total. The van der Waals surface area contributed by atoms with Gasteiger partial charge in [-0.3, -0.25) is 9.48 Å². The van der Waals surface area contributed by atoms with Gasteiger partial charge in [-0.1, -0.05) is 13.8 Å². The first-order valence-corrected chi connectivity index (χ1v) is 6.21. The van der Waals surface area contributed by atoms with Gasteiger partial charge in [0.15, 0.2) is 0 Å². The number of rotatable bonds is 4. The van der Waals surface area contributed by atoms with Crippen LogP contribution in [0.4, 0.5) is 0 Å². The van der Waals surface area contributed by atoms with Crippen LogP contribution in [0.1, 0.15) is 45.0 Å². The lowest BCUT2D eigenvalue weighted by Gasteiger charge is -2.19. The summed E-state index contributed by atoms with van der Waals surface area (Å²) in [5, 5.41) is 15.7. The number of hydrogen-bond acceptors (Lipinski definition) is 3. The Balaban J connectivity index is 2.84. The summed E-state index contributed by atoms with van der Waals surface area (Å²) >= 11 is 0. The Bertz CT molecular complexity index is 472. The number of nitrogens with zero attached hydrogens (tertiary/aromatic N) is 2. The van der Waals surface area contributed by atoms with Crippen molar-refractivity contribution in [3.05, 3.63) is 18.0 Å². The fraction of sp³-hybridized carbons (Fsp3) is 0.615. The Labute approximate surface area is 112 Å². The highest BCUT2D eigenvalue weighted by atomic mass is 16.4. The Morgan fingerprint density at radius 1 is 1.37 bits per heavy atom. The van der Waals surface area contributed by atoms with Crippen LogP contribution >= 0.6 is 0 Å². The Kier molecular flexibility index (Phi) is 4.34. The van der Waals surface area contributed by atoms with Crippen molar-refractivity contribution < 1.29 is 14.7 Å². The van der Waals surface area contributed by atoms with Crippen LogP contribution in [0.3, 0.4) is 0 Å². The first kappa shape index (κ1) is 15.2. The third-order valence-corrected chi connectivity index (χ3v) is 2.75. The predicted octanol–water partition coefficient (Wildman–Crippen LogP) is 1.48. The lowest BCUT2D eigenvalue weighted by atomic mass is 10.0. The maximum Gasteiger partial charge on any atom is 0.326 e. The third-order valence-electron chi connectivity index (χ3n) is 2.75. The van der Waals surface area contributed by atoms with E-state index in [1.54, 1.807) is 24.7 Å². The van der Waals surface area contributed by atoms with E-state index in [2.05, 4.69) is 10.4 Å². The van der Waals surface area contributed by atoms with Crippen LogP contribution in [0.5, 0.6) is 0 Å². The maximum absolute atomic E-state index is 12.0. The van der Waals surface area contributed by atoms with Crippen LogP contribution in [0, 0.1) is 5.92 Å². The van der Waals surface area contributed by atoms with E-state index >= 15 is 0 Å². The van der Waals surface area contributed by atoms with Crippen LogP contribution in [0.2, 0.25) is 0 Å². The average Bonchev–Trinajstić information content (AvgIpc) is 2.73. The molecule has 1 aromatic heterocycles. The van der Waals surface area contributed by atoms with Gasteiger partial charge in [0, 0.05) is 6.20 Å². The van der Waals surface area contributed by atoms with Gasteiger partial charge in [-0.2, -0.15) is 5.10 Å². The monoisotopic (exact) mass is 267 g/mol. The highest BCUT2D eigenvalue weighted by Crippen LogP contribution is 2.13. The van der Waals surface area contributed by atoms with Crippen molar-refractivity contribution >= 4 is 11.9 Å². The smallest absolute Gasteiger partial charge is 0.326 e. The molecule has 0 aliphatic heterocycles. The molecule has 106 valence electrons. The topological polar surface area (TPSA) is 84.2 Å². The molecular formula is C13H21N3O3. The number of aliphatic carboxylic acids is 1. The number of carboxylic acids is 1. The van der Waals surface area contributed by atoms with Gasteiger partial charge in [-0.25, -0.2) is 4.79 Å². The van der Waals surface area contributed by atoms with E-state index in [0.29, 0.717) is 5.56 Å². The van der Waals surface area contributed by atoms with Gasteiger partial charge in [0.1, 0.15) is 6.04 Å². The van der Waals surface area contributed by atoms with E-state index in [1.807, 2.05) is 20.8 Å². The molecule has 0 radical (unpaired) electrons. The fourth-order valence-electron chi connectivity index (χ4n) is 1.55. The summed E-state index contributed by atoms with van der Waals surface area (Å²) in [5.41, 5.74) is 0.143. The number of carbonyl (C=O) groups is 2. The second kappa shape index (κ2) is 5.42. The first-order valence-electron chi connectivity index (χ1n) is 6.21. The van der Waals surface area contributed by atoms with Crippen molar-refractivity contribution in [2.45, 2.75) is 46.2 Å². The second-order valence-electron chi connectivity index (χ2n) is 5.88. The van der Waals surface area contributed by atoms with Crippen LogP contribution in [0.15, 0.2) is 12.4 Å². The second-order valence-corrected chi connectivity index (χ2v) is 5.88. The number of amides is 1. The number of aromatic nitrogens is 2. The van der Waals surface area contributed by atoms with Gasteiger partial charge < -0.3 is 10.4 Å². The zero-order valence-electron chi connectivity index (χ0n) is 12.0. The molecule has 1 aromatic rings. The minimum absolute atomic E-state index is 0.181. The summed E-state index contributed by atoms with van der Waals surface area (Å²) in [6.45, 7) is 9.40. The van der Waals surface area contributed by atoms with Gasteiger partial charge in [0.25, 0.3) is 5.91 Å². The summed E-state index contributed by atoms with van der Waals surface area (Å²) in [6.07, 6.45) is 3.06. The summed E-state index contributed by atoms with van der Waals surface area (Å²) < 4.78 is 1.67. The molecule has 0 aliphatic carbocycles. The quantitative estimate of drug-likeness (QED) is 0.865. The molecule has 0 aromatic carbocycles. The molecule has 0 fully saturated rings. The molecule has 19 heavy (non-hydrogen) atoms. The molecular weight excluding hydrogens is 246 g/mol. The molecule has 0 saturated carbocycles. The van der Waals surface area contributed by atoms with E-state index < -0.39 is 17.9 Å². The third kappa shape index (κ3) is 3.81. The molecule has 6 heteroatoms. The number of nitrogens with one attached hydrogen (secondary N) is 1. The normalized spacial score (nSPS) is 13.4. The van der Waals surface area contributed by atoms with E-state index in [1.165, 1.54) is 6.20 Å². The number of carboxylic acid groups (broad SMARTS) is 1. The highest BCUT2D eigenvalue weighted by molar-refractivity contribution is 5.96. The van der Waals surface area contributed by atoms with Crippen molar-refractivity contribution in [2.24, 2.45) is 5.92 Å². The van der Waals surface area contributed by atoms with Crippen molar-refractivity contribution in [1.82, 2.24) is 15.1 Å². The van der Waals surface area contributed by atoms with Gasteiger partial charge in [-0.05, 0) is 26.7 Å². The fourth-order valence-corrected chi connectivity index (χ4v) is 1.55. The van der Waals surface area contributed by atoms with Crippen molar-refractivity contribution in [3.63, 3.8) is 0 Å². The number of hydrogen-bond donors (Lipinski definition) is 2. The molecule has 0 unspecified atom stereocenters. The molecule has 1 rings (SSSR count). The van der Waals surface area contributed by atoms with Gasteiger partial charge in [0.05, 0.1) is 17.3 Å². The zero-order valence-corrected chi connectivity index (χ0v) is 12.0. The lowest BCUT2D eigenvalue weighted by molar-refractivity contribution is -0.140. The largest absolute Gasteiger partial charge is 0.480 e. The van der Waals surface area contributed by atoms with Crippen molar-refractivity contribution in [2.75, 3.05) is 0 Å².